The van der Waals surface area contributed by atoms with Crippen molar-refractivity contribution in [2.75, 3.05) is 20.2 Å². The first-order chi connectivity index (χ1) is 19.0. The van der Waals surface area contributed by atoms with Crippen molar-refractivity contribution in [3.63, 3.8) is 0 Å². The van der Waals surface area contributed by atoms with Gasteiger partial charge < -0.3 is 82.8 Å². The third kappa shape index (κ3) is 6.59. The van der Waals surface area contributed by atoms with Crippen LogP contribution < -0.4 is 33.6 Å². The minimum absolute atomic E-state index is 0.184. The number of ether oxygens (including phenoxy) is 5. The molecule has 1 amide bonds. The van der Waals surface area contributed by atoms with Crippen LogP contribution in [-0.4, -0.2) is 150 Å². The van der Waals surface area contributed by atoms with Gasteiger partial charge in [-0.15, -0.1) is 0 Å². The van der Waals surface area contributed by atoms with Crippen molar-refractivity contribution in [2.24, 2.45) is 22.9 Å². The van der Waals surface area contributed by atoms with Crippen molar-refractivity contribution >= 4 is 5.91 Å². The van der Waals surface area contributed by atoms with Crippen molar-refractivity contribution in [1.82, 2.24) is 10.6 Å². The van der Waals surface area contributed by atoms with E-state index < -0.39 is 104 Å². The lowest BCUT2D eigenvalue weighted by Gasteiger charge is -2.51. The molecule has 0 aromatic heterocycles. The molecule has 4 aliphatic rings. The van der Waals surface area contributed by atoms with Gasteiger partial charge in [0, 0.05) is 12.1 Å². The number of hydrogen-bond donors (Lipinski definition) is 11. The summed E-state index contributed by atoms with van der Waals surface area (Å²) in [5.41, 5.74) is 23.7. The molecule has 1 aliphatic carbocycles. The van der Waals surface area contributed by atoms with Crippen LogP contribution in [0.15, 0.2) is 0 Å². The Kier molecular flexibility index (Phi) is 10.7. The van der Waals surface area contributed by atoms with E-state index in [1.165, 1.54) is 0 Å². The zero-order chi connectivity index (χ0) is 29.3. The molecule has 0 aromatic rings. The molecule has 0 aromatic carbocycles. The number of hydrogen-bond acceptors (Lipinski definition) is 16. The van der Waals surface area contributed by atoms with Crippen LogP contribution in [0.4, 0.5) is 0 Å². The monoisotopic (exact) mass is 580 g/mol. The van der Waals surface area contributed by atoms with Crippen LogP contribution in [0.3, 0.4) is 0 Å². The van der Waals surface area contributed by atoms with Gasteiger partial charge in [0.1, 0.15) is 36.6 Å². The molecular weight excluding hydrogens is 536 g/mol. The van der Waals surface area contributed by atoms with Crippen LogP contribution in [0.25, 0.3) is 0 Å². The first-order valence-corrected chi connectivity index (χ1v) is 13.5. The Balaban J connectivity index is 1.42. The van der Waals surface area contributed by atoms with Crippen molar-refractivity contribution in [1.29, 1.82) is 0 Å². The summed E-state index contributed by atoms with van der Waals surface area (Å²) in [6, 6.07) is -3.52. The molecule has 3 heterocycles. The summed E-state index contributed by atoms with van der Waals surface area (Å²) in [5, 5.41) is 58.1. The lowest BCUT2D eigenvalue weighted by atomic mass is 9.86. The number of likely N-dealkylation sites (N-methyl/N-ethyl adjacent to an activating group) is 1. The van der Waals surface area contributed by atoms with Crippen LogP contribution in [0.1, 0.15) is 19.3 Å². The zero-order valence-electron chi connectivity index (χ0n) is 22.3. The Labute approximate surface area is 231 Å². The largest absolute Gasteiger partial charge is 0.394 e. The number of carbonyl (C=O) groups is 1. The second kappa shape index (κ2) is 13.4. The molecule has 4 rings (SSSR count). The molecule has 17 nitrogen and oxygen atoms in total. The van der Waals surface area contributed by atoms with Gasteiger partial charge in [0.2, 0.25) is 5.91 Å². The van der Waals surface area contributed by atoms with Gasteiger partial charge in [-0.2, -0.15) is 0 Å². The van der Waals surface area contributed by atoms with E-state index >= 15 is 0 Å². The fourth-order valence-electron chi connectivity index (χ4n) is 5.88. The van der Waals surface area contributed by atoms with E-state index in [-0.39, 0.29) is 19.0 Å². The second-order valence-electron chi connectivity index (χ2n) is 10.9. The number of fused-ring (bicyclic) bond motifs is 1. The minimum atomic E-state index is -1.65. The molecule has 40 heavy (non-hydrogen) atoms. The summed E-state index contributed by atoms with van der Waals surface area (Å²) in [4.78, 5) is 11.7. The van der Waals surface area contributed by atoms with E-state index in [0.717, 1.165) is 0 Å². The van der Waals surface area contributed by atoms with Crippen LogP contribution in [-0.2, 0) is 28.5 Å². The van der Waals surface area contributed by atoms with Gasteiger partial charge in [-0.1, -0.05) is 0 Å². The number of aliphatic hydroxyl groups excluding tert-OH is 5. The van der Waals surface area contributed by atoms with Crippen LogP contribution in [0, 0.1) is 0 Å². The number of nitrogens with one attached hydrogen (secondary N) is 2. The van der Waals surface area contributed by atoms with Crippen molar-refractivity contribution in [3.05, 3.63) is 0 Å². The van der Waals surface area contributed by atoms with Gasteiger partial charge in [0.25, 0.3) is 0 Å². The highest BCUT2D eigenvalue weighted by Crippen LogP contribution is 2.35. The van der Waals surface area contributed by atoms with Crippen LogP contribution in [0.5, 0.6) is 0 Å². The average Bonchev–Trinajstić information content (AvgIpc) is 2.90. The zero-order valence-corrected chi connectivity index (χ0v) is 22.3. The molecule has 0 bridgehead atoms. The molecule has 4 fully saturated rings. The highest BCUT2D eigenvalue weighted by Gasteiger charge is 2.54. The number of nitrogens with two attached hydrogens (primary N) is 4. The van der Waals surface area contributed by atoms with Crippen molar-refractivity contribution in [3.8, 4) is 0 Å². The molecule has 16 atom stereocenters. The maximum Gasteiger partial charge on any atom is 0.234 e. The van der Waals surface area contributed by atoms with E-state index in [9.17, 15) is 30.3 Å². The summed E-state index contributed by atoms with van der Waals surface area (Å²) < 4.78 is 29.6. The maximum atomic E-state index is 11.7. The SMILES string of the molecule is CNC1C(OC2OC(CO)C(NC(=O)CN)C(O)C2O)O[C@H]2C[C@H](N)C(OC3C(N)C[C@@H](N)C[C@H]3O)OC2C1O. The van der Waals surface area contributed by atoms with Crippen molar-refractivity contribution in [2.45, 2.75) is 117 Å². The Morgan fingerprint density at radius 2 is 1.60 bits per heavy atom. The lowest BCUT2D eigenvalue weighted by molar-refractivity contribution is -0.373. The molecule has 17 heteroatoms. The number of carbonyl (C=O) groups excluding carboxylic acids is 1. The molecule has 3 saturated heterocycles. The predicted octanol–water partition coefficient (Wildman–Crippen LogP) is -6.80. The summed E-state index contributed by atoms with van der Waals surface area (Å²) >= 11 is 0. The Morgan fingerprint density at radius 1 is 0.875 bits per heavy atom. The highest BCUT2D eigenvalue weighted by atomic mass is 16.8. The summed E-state index contributed by atoms with van der Waals surface area (Å²) in [7, 11) is 1.55. The first kappa shape index (κ1) is 31.8. The fourth-order valence-corrected chi connectivity index (χ4v) is 5.88. The average molecular weight is 581 g/mol. The molecule has 0 radical (unpaired) electrons. The Hall–Kier alpha value is -1.13. The van der Waals surface area contributed by atoms with E-state index in [2.05, 4.69) is 10.6 Å². The normalized spacial score (nSPS) is 49.8. The molecule has 3 aliphatic heterocycles. The topological polar surface area (TPSA) is 293 Å². The molecule has 12 unspecified atom stereocenters. The predicted molar refractivity (Wildman–Crippen MR) is 135 cm³/mol. The van der Waals surface area contributed by atoms with E-state index in [0.29, 0.717) is 12.8 Å². The molecule has 0 spiro atoms. The van der Waals surface area contributed by atoms with Gasteiger partial charge in [0.15, 0.2) is 18.9 Å². The van der Waals surface area contributed by atoms with E-state index in [4.69, 9.17) is 46.6 Å². The van der Waals surface area contributed by atoms with Gasteiger partial charge in [-0.25, -0.2) is 0 Å². The smallest absolute Gasteiger partial charge is 0.234 e. The third-order valence-electron chi connectivity index (χ3n) is 8.03. The number of aliphatic hydroxyl groups is 5. The standard InChI is InChI=1S/C23H44N6O11/c1-28-15-17(34)20-11(4-9(27)21(39-20)38-19-8(26)2-7(25)3-10(19)31)36-22(15)40-23-18(35)16(33)14(12(6-30)37-23)29-13(32)5-24/h7-12,14-23,28,30-31,33-35H,2-6,24-27H2,1H3,(H,29,32)/t7-,8?,9+,10-,11+,12?,14?,15?,16?,17?,18?,19?,20?,21?,22?,23?/m1/s1. The first-order valence-electron chi connectivity index (χ1n) is 13.5. The van der Waals surface area contributed by atoms with E-state index in [1.54, 1.807) is 7.05 Å². The van der Waals surface area contributed by atoms with Gasteiger partial charge in [0.05, 0.1) is 43.5 Å². The fraction of sp³-hybridized carbons (Fsp3) is 0.957. The third-order valence-corrected chi connectivity index (χ3v) is 8.03. The highest BCUT2D eigenvalue weighted by molar-refractivity contribution is 5.78. The molecule has 15 N–H and O–H groups in total. The summed E-state index contributed by atoms with van der Waals surface area (Å²) in [5.74, 6) is -0.614. The minimum Gasteiger partial charge on any atom is -0.394 e. The molecular formula is C23H44N6O11. The summed E-state index contributed by atoms with van der Waals surface area (Å²) in [6.07, 6.45) is -11.6. The quantitative estimate of drug-likeness (QED) is 0.127. The van der Waals surface area contributed by atoms with Crippen LogP contribution in [0.2, 0.25) is 0 Å². The Bertz CT molecular complexity index is 833. The van der Waals surface area contributed by atoms with Crippen molar-refractivity contribution < 1.29 is 54.0 Å². The Morgan fingerprint density at radius 3 is 2.23 bits per heavy atom. The van der Waals surface area contributed by atoms with E-state index in [1.807, 2.05) is 0 Å². The van der Waals surface area contributed by atoms with Crippen LogP contribution >= 0.6 is 0 Å². The van der Waals surface area contributed by atoms with Gasteiger partial charge in [-0.05, 0) is 26.3 Å². The lowest BCUT2D eigenvalue weighted by Crippen LogP contribution is -2.70. The summed E-state index contributed by atoms with van der Waals surface area (Å²) in [6.45, 7) is -0.973. The number of amides is 1. The maximum absolute atomic E-state index is 11.7. The van der Waals surface area contributed by atoms with Gasteiger partial charge in [-0.3, -0.25) is 4.79 Å². The molecule has 1 saturated carbocycles. The number of rotatable bonds is 8. The second-order valence-corrected chi connectivity index (χ2v) is 10.9. The van der Waals surface area contributed by atoms with Gasteiger partial charge >= 0.3 is 0 Å². The molecule has 232 valence electrons.